The predicted molar refractivity (Wildman–Crippen MR) is 101 cm³/mol. The van der Waals surface area contributed by atoms with Gasteiger partial charge in [0.25, 0.3) is 0 Å². The Bertz CT molecular complexity index is 362. The van der Waals surface area contributed by atoms with Crippen LogP contribution < -0.4 is 5.32 Å². The van der Waals surface area contributed by atoms with Crippen molar-refractivity contribution in [3.05, 3.63) is 0 Å². The van der Waals surface area contributed by atoms with Crippen LogP contribution in [0.2, 0.25) is 0 Å². The van der Waals surface area contributed by atoms with E-state index in [1.807, 2.05) is 0 Å². The molecule has 0 bridgehead atoms. The zero-order valence-electron chi connectivity index (χ0n) is 14.6. The van der Waals surface area contributed by atoms with Gasteiger partial charge >= 0.3 is 0 Å². The van der Waals surface area contributed by atoms with Crippen molar-refractivity contribution in [2.45, 2.75) is 32.1 Å². The summed E-state index contributed by atoms with van der Waals surface area (Å²) in [6.45, 7) is 9.16. The highest BCUT2D eigenvalue weighted by atomic mass is 35.5. The van der Waals surface area contributed by atoms with Crippen molar-refractivity contribution in [2.75, 3.05) is 59.0 Å². The molecular weight excluding hydrogens is 349 g/mol. The summed E-state index contributed by atoms with van der Waals surface area (Å²) in [5.74, 6) is 1.76. The van der Waals surface area contributed by atoms with Gasteiger partial charge in [-0.25, -0.2) is 0 Å². The van der Waals surface area contributed by atoms with Gasteiger partial charge in [0.05, 0.1) is 13.2 Å². The van der Waals surface area contributed by atoms with E-state index in [-0.39, 0.29) is 24.8 Å². The average molecular weight is 382 g/mol. The van der Waals surface area contributed by atoms with Gasteiger partial charge in [0, 0.05) is 39.1 Å². The van der Waals surface area contributed by atoms with Crippen LogP contribution in [0.1, 0.15) is 32.1 Å². The quantitative estimate of drug-likeness (QED) is 0.788. The van der Waals surface area contributed by atoms with Gasteiger partial charge in [-0.1, -0.05) is 0 Å². The van der Waals surface area contributed by atoms with E-state index in [4.69, 9.17) is 4.74 Å². The number of hydrogen-bond donors (Lipinski definition) is 1. The molecule has 0 aromatic heterocycles. The maximum atomic E-state index is 12.5. The SMILES string of the molecule is Cl.Cl.O=C(CCC1CCNC1)N1CCCC(CN2CCOCC2)C1. The summed E-state index contributed by atoms with van der Waals surface area (Å²) >= 11 is 0. The molecule has 3 aliphatic heterocycles. The Morgan fingerprint density at radius 2 is 1.88 bits per heavy atom. The number of nitrogens with zero attached hydrogens (tertiary/aromatic N) is 2. The lowest BCUT2D eigenvalue weighted by atomic mass is 9.96. The maximum absolute atomic E-state index is 12.5. The molecule has 0 saturated carbocycles. The molecule has 0 aromatic rings. The standard InChI is InChI=1S/C17H31N3O2.2ClH/c21-17(4-3-15-5-6-18-12-15)20-7-1-2-16(14-20)13-19-8-10-22-11-9-19;;/h15-16,18H,1-14H2;2*1H. The van der Waals surface area contributed by atoms with E-state index in [9.17, 15) is 4.79 Å². The number of halogens is 2. The van der Waals surface area contributed by atoms with Crippen LogP contribution in [0.3, 0.4) is 0 Å². The normalized spacial score (nSPS) is 28.1. The number of ether oxygens (including phenoxy) is 1. The van der Waals surface area contributed by atoms with Gasteiger partial charge in [-0.2, -0.15) is 0 Å². The lowest BCUT2D eigenvalue weighted by Gasteiger charge is -2.37. The smallest absolute Gasteiger partial charge is 0.222 e. The second kappa shape index (κ2) is 11.5. The minimum atomic E-state index is 0. The highest BCUT2D eigenvalue weighted by Gasteiger charge is 2.26. The van der Waals surface area contributed by atoms with E-state index in [0.717, 1.165) is 77.8 Å². The predicted octanol–water partition coefficient (Wildman–Crippen LogP) is 1.79. The molecule has 3 aliphatic rings. The van der Waals surface area contributed by atoms with Gasteiger partial charge in [0.1, 0.15) is 0 Å². The molecule has 3 heterocycles. The van der Waals surface area contributed by atoms with E-state index in [2.05, 4.69) is 15.1 Å². The molecule has 2 unspecified atom stereocenters. The number of carbonyl (C=O) groups is 1. The number of rotatable bonds is 5. The van der Waals surface area contributed by atoms with Crippen LogP contribution in [-0.2, 0) is 9.53 Å². The molecule has 1 N–H and O–H groups in total. The van der Waals surface area contributed by atoms with E-state index < -0.39 is 0 Å². The van der Waals surface area contributed by atoms with Gasteiger partial charge in [0.15, 0.2) is 0 Å². The third-order valence-corrected chi connectivity index (χ3v) is 5.42. The molecule has 3 rings (SSSR count). The molecule has 0 aromatic carbocycles. The van der Waals surface area contributed by atoms with Crippen LogP contribution in [-0.4, -0.2) is 74.7 Å². The number of amides is 1. The van der Waals surface area contributed by atoms with Gasteiger partial charge < -0.3 is 15.0 Å². The first-order chi connectivity index (χ1) is 10.8. The first kappa shape index (κ1) is 22.0. The lowest BCUT2D eigenvalue weighted by molar-refractivity contribution is -0.133. The van der Waals surface area contributed by atoms with Crippen LogP contribution in [0.25, 0.3) is 0 Å². The summed E-state index contributed by atoms with van der Waals surface area (Å²) in [6.07, 6.45) is 5.50. The minimum absolute atomic E-state index is 0. The van der Waals surface area contributed by atoms with Crippen molar-refractivity contribution in [1.82, 2.24) is 15.1 Å². The first-order valence-electron chi connectivity index (χ1n) is 9.10. The zero-order chi connectivity index (χ0) is 15.2. The third-order valence-electron chi connectivity index (χ3n) is 5.42. The van der Waals surface area contributed by atoms with Crippen LogP contribution in [0, 0.1) is 11.8 Å². The van der Waals surface area contributed by atoms with Crippen LogP contribution >= 0.6 is 24.8 Å². The first-order valence-corrected chi connectivity index (χ1v) is 9.10. The molecule has 3 fully saturated rings. The summed E-state index contributed by atoms with van der Waals surface area (Å²) in [5, 5.41) is 3.39. The Labute approximate surface area is 158 Å². The average Bonchev–Trinajstić information content (AvgIpc) is 3.07. The molecule has 1 amide bonds. The molecule has 7 heteroatoms. The summed E-state index contributed by atoms with van der Waals surface area (Å²) in [4.78, 5) is 17.1. The number of morpholine rings is 1. The van der Waals surface area contributed by atoms with Crippen molar-refractivity contribution < 1.29 is 9.53 Å². The fourth-order valence-electron chi connectivity index (χ4n) is 4.04. The van der Waals surface area contributed by atoms with E-state index in [1.54, 1.807) is 0 Å². The molecule has 2 atom stereocenters. The molecule has 3 saturated heterocycles. The number of likely N-dealkylation sites (tertiary alicyclic amines) is 1. The Morgan fingerprint density at radius 1 is 1.08 bits per heavy atom. The van der Waals surface area contributed by atoms with Gasteiger partial charge in [0.2, 0.25) is 5.91 Å². The summed E-state index contributed by atoms with van der Waals surface area (Å²) < 4.78 is 5.42. The van der Waals surface area contributed by atoms with E-state index >= 15 is 0 Å². The minimum Gasteiger partial charge on any atom is -0.379 e. The molecule has 5 nitrogen and oxygen atoms in total. The maximum Gasteiger partial charge on any atom is 0.222 e. The van der Waals surface area contributed by atoms with Gasteiger partial charge in [-0.15, -0.1) is 24.8 Å². The Balaban J connectivity index is 0.00000144. The molecular formula is C17H33Cl2N3O2. The molecule has 0 radical (unpaired) electrons. The van der Waals surface area contributed by atoms with Crippen molar-refractivity contribution in [1.29, 1.82) is 0 Å². The van der Waals surface area contributed by atoms with Gasteiger partial charge in [-0.3, -0.25) is 9.69 Å². The molecule has 0 spiro atoms. The second-order valence-corrected chi connectivity index (χ2v) is 7.16. The topological polar surface area (TPSA) is 44.8 Å². The third kappa shape index (κ3) is 6.68. The largest absolute Gasteiger partial charge is 0.379 e. The van der Waals surface area contributed by atoms with Gasteiger partial charge in [-0.05, 0) is 50.6 Å². The van der Waals surface area contributed by atoms with Crippen molar-refractivity contribution in [3.8, 4) is 0 Å². The van der Waals surface area contributed by atoms with Crippen LogP contribution in [0.4, 0.5) is 0 Å². The lowest BCUT2D eigenvalue weighted by Crippen LogP contribution is -2.46. The number of hydrogen-bond acceptors (Lipinski definition) is 4. The van der Waals surface area contributed by atoms with Crippen molar-refractivity contribution in [3.63, 3.8) is 0 Å². The number of nitrogens with one attached hydrogen (secondary N) is 1. The highest BCUT2D eigenvalue weighted by molar-refractivity contribution is 5.85. The molecule has 24 heavy (non-hydrogen) atoms. The van der Waals surface area contributed by atoms with Crippen LogP contribution in [0.5, 0.6) is 0 Å². The van der Waals surface area contributed by atoms with Crippen LogP contribution in [0.15, 0.2) is 0 Å². The summed E-state index contributed by atoms with van der Waals surface area (Å²) in [5.41, 5.74) is 0. The number of carbonyl (C=O) groups excluding carboxylic acids is 1. The Hall–Kier alpha value is -0.0700. The molecule has 142 valence electrons. The highest BCUT2D eigenvalue weighted by Crippen LogP contribution is 2.21. The summed E-state index contributed by atoms with van der Waals surface area (Å²) in [7, 11) is 0. The second-order valence-electron chi connectivity index (χ2n) is 7.16. The monoisotopic (exact) mass is 381 g/mol. The fraction of sp³-hybridized carbons (Fsp3) is 0.941. The summed E-state index contributed by atoms with van der Waals surface area (Å²) in [6, 6.07) is 0. The zero-order valence-corrected chi connectivity index (χ0v) is 16.2. The van der Waals surface area contributed by atoms with Crippen molar-refractivity contribution >= 4 is 30.7 Å². The molecule has 0 aliphatic carbocycles. The Morgan fingerprint density at radius 3 is 2.58 bits per heavy atom. The fourth-order valence-corrected chi connectivity index (χ4v) is 4.04. The number of piperidine rings is 1. The van der Waals surface area contributed by atoms with E-state index in [1.165, 1.54) is 19.3 Å². The Kier molecular flexibility index (Phi) is 10.6. The van der Waals surface area contributed by atoms with Crippen molar-refractivity contribution in [2.24, 2.45) is 11.8 Å². The van der Waals surface area contributed by atoms with E-state index in [0.29, 0.717) is 11.8 Å².